The molecule has 1 aliphatic rings. The molecule has 0 atom stereocenters. The summed E-state index contributed by atoms with van der Waals surface area (Å²) in [5, 5.41) is 2.96. The summed E-state index contributed by atoms with van der Waals surface area (Å²) >= 11 is 1.63. The lowest BCUT2D eigenvalue weighted by Crippen LogP contribution is -2.27. The third-order valence-electron chi connectivity index (χ3n) is 5.88. The standard InChI is InChI=1S/C24H30N4O3S2/c1-3-13-28-22-10-9-20(33(30,31)27-14-4-5-15-27)17-21(22)26-23(28)11-12-24(29)25-18-7-6-8-19(16-18)32-2/h6-10,16-17H,3-5,11-15H2,1-2H3,(H,25,29). The number of imidazole rings is 1. The molecule has 1 fully saturated rings. The van der Waals surface area contributed by atoms with Crippen molar-refractivity contribution in [2.45, 2.75) is 55.4 Å². The number of benzene rings is 2. The molecule has 0 unspecified atom stereocenters. The Bertz CT molecular complexity index is 1250. The van der Waals surface area contributed by atoms with E-state index in [2.05, 4.69) is 16.8 Å². The molecule has 4 rings (SSSR count). The van der Waals surface area contributed by atoms with Gasteiger partial charge in [0, 0.05) is 43.1 Å². The van der Waals surface area contributed by atoms with Crippen LogP contribution < -0.4 is 5.32 Å². The second-order valence-electron chi connectivity index (χ2n) is 8.22. The van der Waals surface area contributed by atoms with Crippen molar-refractivity contribution in [1.29, 1.82) is 0 Å². The van der Waals surface area contributed by atoms with Gasteiger partial charge in [0.05, 0.1) is 15.9 Å². The fourth-order valence-corrected chi connectivity index (χ4v) is 6.21. The summed E-state index contributed by atoms with van der Waals surface area (Å²) in [5.41, 5.74) is 2.35. The van der Waals surface area contributed by atoms with Crippen molar-refractivity contribution in [3.05, 3.63) is 48.3 Å². The van der Waals surface area contributed by atoms with Crippen molar-refractivity contribution in [2.75, 3.05) is 24.7 Å². The van der Waals surface area contributed by atoms with E-state index in [1.54, 1.807) is 28.2 Å². The van der Waals surface area contributed by atoms with Gasteiger partial charge in [0.2, 0.25) is 15.9 Å². The number of sulfonamides is 1. The minimum atomic E-state index is -3.49. The monoisotopic (exact) mass is 486 g/mol. The number of aryl methyl sites for hydroxylation is 2. The zero-order valence-corrected chi connectivity index (χ0v) is 20.7. The number of anilines is 1. The lowest BCUT2D eigenvalue weighted by atomic mass is 10.2. The van der Waals surface area contributed by atoms with E-state index in [9.17, 15) is 13.2 Å². The molecule has 2 heterocycles. The van der Waals surface area contributed by atoms with Crippen LogP contribution in [0.25, 0.3) is 11.0 Å². The van der Waals surface area contributed by atoms with E-state index in [0.717, 1.165) is 47.7 Å². The van der Waals surface area contributed by atoms with E-state index in [4.69, 9.17) is 4.98 Å². The largest absolute Gasteiger partial charge is 0.328 e. The SMILES string of the molecule is CCCn1c(CCC(=O)Nc2cccc(SC)c2)nc2cc(S(=O)(=O)N3CCCC3)ccc21. The molecule has 2 aromatic carbocycles. The van der Waals surface area contributed by atoms with Gasteiger partial charge in [-0.1, -0.05) is 13.0 Å². The van der Waals surface area contributed by atoms with Crippen LogP contribution in [0.2, 0.25) is 0 Å². The Morgan fingerprint density at radius 1 is 1.15 bits per heavy atom. The fraction of sp³-hybridized carbons (Fsp3) is 0.417. The molecule has 1 aromatic heterocycles. The molecular weight excluding hydrogens is 456 g/mol. The highest BCUT2D eigenvalue weighted by molar-refractivity contribution is 7.98. The van der Waals surface area contributed by atoms with E-state index in [-0.39, 0.29) is 10.8 Å². The average Bonchev–Trinajstić information content (AvgIpc) is 3.47. The van der Waals surface area contributed by atoms with Gasteiger partial charge in [-0.3, -0.25) is 4.79 Å². The summed E-state index contributed by atoms with van der Waals surface area (Å²) in [5.74, 6) is 0.733. The van der Waals surface area contributed by atoms with E-state index in [1.807, 2.05) is 36.6 Å². The number of amides is 1. The van der Waals surface area contributed by atoms with Crippen LogP contribution in [0.4, 0.5) is 5.69 Å². The van der Waals surface area contributed by atoms with Crippen molar-refractivity contribution in [2.24, 2.45) is 0 Å². The third kappa shape index (κ3) is 5.26. The first-order valence-corrected chi connectivity index (χ1v) is 14.0. The van der Waals surface area contributed by atoms with Gasteiger partial charge in [-0.25, -0.2) is 13.4 Å². The number of fused-ring (bicyclic) bond motifs is 1. The molecule has 3 aromatic rings. The van der Waals surface area contributed by atoms with Crippen LogP contribution in [0.15, 0.2) is 52.3 Å². The number of aromatic nitrogens is 2. The van der Waals surface area contributed by atoms with Crippen LogP contribution in [0, 0.1) is 0 Å². The molecule has 0 saturated carbocycles. The van der Waals surface area contributed by atoms with Gasteiger partial charge in [0.15, 0.2) is 0 Å². The van der Waals surface area contributed by atoms with E-state index >= 15 is 0 Å². The summed E-state index contributed by atoms with van der Waals surface area (Å²) in [6, 6.07) is 13.0. The lowest BCUT2D eigenvalue weighted by Gasteiger charge is -2.15. The lowest BCUT2D eigenvalue weighted by molar-refractivity contribution is -0.116. The highest BCUT2D eigenvalue weighted by Crippen LogP contribution is 2.26. The molecular formula is C24H30N4O3S2. The van der Waals surface area contributed by atoms with Gasteiger partial charge >= 0.3 is 0 Å². The maximum absolute atomic E-state index is 13.0. The summed E-state index contributed by atoms with van der Waals surface area (Å²) in [6.07, 6.45) is 5.51. The van der Waals surface area contributed by atoms with Gasteiger partial charge in [-0.05, 0) is 61.9 Å². The van der Waals surface area contributed by atoms with Crippen LogP contribution >= 0.6 is 11.8 Å². The fourth-order valence-electron chi connectivity index (χ4n) is 4.21. The quantitative estimate of drug-likeness (QED) is 0.450. The molecule has 7 nitrogen and oxygen atoms in total. The van der Waals surface area contributed by atoms with Crippen LogP contribution in [0.5, 0.6) is 0 Å². The molecule has 33 heavy (non-hydrogen) atoms. The molecule has 1 N–H and O–H groups in total. The van der Waals surface area contributed by atoms with Crippen molar-refractivity contribution in [3.63, 3.8) is 0 Å². The predicted octanol–water partition coefficient (Wildman–Crippen LogP) is 4.52. The first kappa shape index (κ1) is 23.8. The van der Waals surface area contributed by atoms with Crippen molar-refractivity contribution >= 4 is 44.4 Å². The Balaban J connectivity index is 1.53. The van der Waals surface area contributed by atoms with Gasteiger partial charge in [-0.2, -0.15) is 4.31 Å². The highest BCUT2D eigenvalue weighted by Gasteiger charge is 2.27. The second kappa shape index (κ2) is 10.3. The first-order chi connectivity index (χ1) is 15.9. The van der Waals surface area contributed by atoms with E-state index in [0.29, 0.717) is 31.4 Å². The zero-order valence-electron chi connectivity index (χ0n) is 19.1. The molecule has 9 heteroatoms. The predicted molar refractivity (Wildman–Crippen MR) is 133 cm³/mol. The molecule has 1 saturated heterocycles. The Labute approximate surface area is 199 Å². The Morgan fingerprint density at radius 2 is 1.94 bits per heavy atom. The van der Waals surface area contributed by atoms with Crippen LogP contribution in [-0.4, -0.2) is 47.5 Å². The Morgan fingerprint density at radius 3 is 2.67 bits per heavy atom. The second-order valence-corrected chi connectivity index (χ2v) is 11.0. The normalized spacial score (nSPS) is 14.7. The number of hydrogen-bond acceptors (Lipinski definition) is 5. The Hall–Kier alpha value is -2.36. The van der Waals surface area contributed by atoms with Crippen LogP contribution in [0.1, 0.15) is 38.4 Å². The molecule has 1 amide bonds. The molecule has 0 radical (unpaired) electrons. The minimum Gasteiger partial charge on any atom is -0.328 e. The third-order valence-corrected chi connectivity index (χ3v) is 8.50. The van der Waals surface area contributed by atoms with E-state index < -0.39 is 10.0 Å². The minimum absolute atomic E-state index is 0.0688. The van der Waals surface area contributed by atoms with Crippen LogP contribution in [0.3, 0.4) is 0 Å². The van der Waals surface area contributed by atoms with Crippen molar-refractivity contribution < 1.29 is 13.2 Å². The number of hydrogen-bond donors (Lipinski definition) is 1. The first-order valence-electron chi connectivity index (χ1n) is 11.4. The number of rotatable bonds is 9. The van der Waals surface area contributed by atoms with Crippen molar-refractivity contribution in [3.8, 4) is 0 Å². The molecule has 176 valence electrons. The number of carbonyl (C=O) groups is 1. The Kier molecular flexibility index (Phi) is 7.41. The number of carbonyl (C=O) groups excluding carboxylic acids is 1. The molecule has 1 aliphatic heterocycles. The summed E-state index contributed by atoms with van der Waals surface area (Å²) in [6.45, 7) is 4.00. The topological polar surface area (TPSA) is 84.3 Å². The number of thioether (sulfide) groups is 1. The maximum atomic E-state index is 13.0. The van der Waals surface area contributed by atoms with Crippen LogP contribution in [-0.2, 0) is 27.8 Å². The maximum Gasteiger partial charge on any atom is 0.243 e. The zero-order chi connectivity index (χ0) is 23.4. The van der Waals surface area contributed by atoms with Gasteiger partial charge < -0.3 is 9.88 Å². The van der Waals surface area contributed by atoms with Gasteiger partial charge in [0.25, 0.3) is 0 Å². The molecule has 0 bridgehead atoms. The highest BCUT2D eigenvalue weighted by atomic mass is 32.2. The summed E-state index contributed by atoms with van der Waals surface area (Å²) in [7, 11) is -3.49. The summed E-state index contributed by atoms with van der Waals surface area (Å²) in [4.78, 5) is 18.7. The van der Waals surface area contributed by atoms with Crippen molar-refractivity contribution in [1.82, 2.24) is 13.9 Å². The summed E-state index contributed by atoms with van der Waals surface area (Å²) < 4.78 is 29.6. The van der Waals surface area contributed by atoms with Gasteiger partial charge in [-0.15, -0.1) is 11.8 Å². The average molecular weight is 487 g/mol. The smallest absolute Gasteiger partial charge is 0.243 e. The molecule has 0 aliphatic carbocycles. The van der Waals surface area contributed by atoms with E-state index in [1.165, 1.54) is 0 Å². The van der Waals surface area contributed by atoms with Gasteiger partial charge in [0.1, 0.15) is 5.82 Å². The number of nitrogens with zero attached hydrogens (tertiary/aromatic N) is 3. The number of nitrogens with one attached hydrogen (secondary N) is 1. The molecule has 0 spiro atoms.